The van der Waals surface area contributed by atoms with Crippen molar-refractivity contribution in [3.05, 3.63) is 72.1 Å². The molecule has 2 aromatic rings. The zero-order valence-electron chi connectivity index (χ0n) is 25.6. The first kappa shape index (κ1) is 30.8. The minimum absolute atomic E-state index is 0.0482. The Morgan fingerprint density at radius 1 is 1.10 bits per heavy atom. The van der Waals surface area contributed by atoms with E-state index in [0.29, 0.717) is 37.1 Å². The van der Waals surface area contributed by atoms with Crippen molar-refractivity contribution in [2.75, 3.05) is 18.6 Å². The van der Waals surface area contributed by atoms with E-state index in [2.05, 4.69) is 37.6 Å². The number of carbonyl (C=O) groups is 1. The van der Waals surface area contributed by atoms with Gasteiger partial charge < -0.3 is 19.2 Å². The van der Waals surface area contributed by atoms with Crippen LogP contribution in [-0.2, 0) is 9.53 Å². The Morgan fingerprint density at radius 3 is 2.39 bits per heavy atom. The van der Waals surface area contributed by atoms with Crippen LogP contribution in [0.3, 0.4) is 0 Å². The predicted octanol–water partition coefficient (Wildman–Crippen LogP) is 8.21. The number of benzene rings is 1. The third-order valence-corrected chi connectivity index (χ3v) is 8.75. The quantitative estimate of drug-likeness (QED) is 0.234. The summed E-state index contributed by atoms with van der Waals surface area (Å²) in [7, 11) is 1.70. The van der Waals surface area contributed by atoms with Crippen LogP contribution in [0.5, 0.6) is 0 Å². The van der Waals surface area contributed by atoms with Crippen LogP contribution in [0, 0.1) is 17.8 Å². The summed E-state index contributed by atoms with van der Waals surface area (Å²) in [5.41, 5.74) is 4.95. The second-order valence-electron chi connectivity index (χ2n) is 12.4. The number of oxazole rings is 1. The fraction of sp³-hybridized carbons (Fsp3) is 0.543. The number of hydrogen-bond acceptors (Lipinski definition) is 5. The van der Waals surface area contributed by atoms with Crippen molar-refractivity contribution in [2.45, 2.75) is 91.1 Å². The average Bonchev–Trinajstić information content (AvgIpc) is 3.47. The van der Waals surface area contributed by atoms with Crippen molar-refractivity contribution >= 4 is 11.6 Å². The second kappa shape index (κ2) is 14.2. The van der Waals surface area contributed by atoms with Gasteiger partial charge in [0, 0.05) is 29.6 Å². The van der Waals surface area contributed by atoms with E-state index in [-0.39, 0.29) is 23.8 Å². The lowest BCUT2D eigenvalue weighted by Crippen LogP contribution is -2.42. The number of aromatic nitrogens is 1. The van der Waals surface area contributed by atoms with Crippen LogP contribution in [0.15, 0.2) is 70.6 Å². The topological polar surface area (TPSA) is 75.8 Å². The number of anilines is 1. The first-order valence-electron chi connectivity index (χ1n) is 15.3. The van der Waals surface area contributed by atoms with E-state index in [4.69, 9.17) is 9.15 Å². The van der Waals surface area contributed by atoms with Crippen LogP contribution in [0.4, 0.5) is 5.69 Å². The van der Waals surface area contributed by atoms with Gasteiger partial charge in [-0.1, -0.05) is 44.2 Å². The van der Waals surface area contributed by atoms with Gasteiger partial charge in [0.1, 0.15) is 17.7 Å². The highest BCUT2D eigenvalue weighted by atomic mass is 16.5. The van der Waals surface area contributed by atoms with Crippen LogP contribution < -0.4 is 4.90 Å². The number of amides is 1. The molecular weight excluding hydrogens is 512 g/mol. The van der Waals surface area contributed by atoms with Crippen molar-refractivity contribution in [2.24, 2.45) is 17.8 Å². The number of nitrogens with zero attached hydrogens (tertiary/aromatic N) is 2. The van der Waals surface area contributed by atoms with Crippen LogP contribution in [-0.4, -0.2) is 35.8 Å². The molecule has 2 aliphatic rings. The molecule has 0 unspecified atom stereocenters. The first-order valence-corrected chi connectivity index (χ1v) is 15.3. The standard InChI is InChI=1S/C35H48N2O4/c1-23(2)33(40-6)19-10-25(5)27-13-11-26(12-14-27)21-37(35(39)28-15-17-31(38)18-16-28)30-9-7-8-29(20-30)32-22-41-34(36-32)24(3)4/h7-10,19-20,22,24,26-28,31,38H,5,11-18,21H2,1-4,6H3/b19-10-/t26-,27-,28-,31-. The van der Waals surface area contributed by atoms with E-state index in [1.165, 1.54) is 0 Å². The van der Waals surface area contributed by atoms with Gasteiger partial charge in [-0.2, -0.15) is 0 Å². The number of allylic oxidation sites excluding steroid dienone is 4. The molecule has 2 saturated carbocycles. The molecule has 0 radical (unpaired) electrons. The van der Waals surface area contributed by atoms with E-state index in [0.717, 1.165) is 72.4 Å². The van der Waals surface area contributed by atoms with Crippen molar-refractivity contribution in [3.63, 3.8) is 0 Å². The summed E-state index contributed by atoms with van der Waals surface area (Å²) in [6.45, 7) is 13.3. The first-order chi connectivity index (χ1) is 19.7. The van der Waals surface area contributed by atoms with Crippen molar-refractivity contribution in [3.8, 4) is 11.3 Å². The minimum atomic E-state index is -0.285. The molecular formula is C35H48N2O4. The molecule has 1 aromatic carbocycles. The molecule has 0 atom stereocenters. The molecule has 1 N–H and O–H groups in total. The summed E-state index contributed by atoms with van der Waals surface area (Å²) in [6.07, 6.45) is 12.7. The smallest absolute Gasteiger partial charge is 0.230 e. The number of methoxy groups -OCH3 is 1. The number of ether oxygens (including phenoxy) is 1. The van der Waals surface area contributed by atoms with E-state index in [9.17, 15) is 9.90 Å². The van der Waals surface area contributed by atoms with Crippen molar-refractivity contribution < 1.29 is 19.1 Å². The Bertz CT molecular complexity index is 1240. The van der Waals surface area contributed by atoms with E-state index in [1.807, 2.05) is 43.0 Å². The Balaban J connectivity index is 1.49. The highest BCUT2D eigenvalue weighted by Gasteiger charge is 2.32. The molecule has 0 bridgehead atoms. The predicted molar refractivity (Wildman–Crippen MR) is 165 cm³/mol. The second-order valence-corrected chi connectivity index (χ2v) is 12.4. The summed E-state index contributed by atoms with van der Waals surface area (Å²) in [5.74, 6) is 2.82. The molecule has 1 heterocycles. The molecule has 0 spiro atoms. The number of rotatable bonds is 10. The summed E-state index contributed by atoms with van der Waals surface area (Å²) >= 11 is 0. The molecule has 222 valence electrons. The van der Waals surface area contributed by atoms with E-state index in [1.54, 1.807) is 13.4 Å². The fourth-order valence-corrected chi connectivity index (χ4v) is 6.12. The normalized spacial score (nSPS) is 23.0. The highest BCUT2D eigenvalue weighted by molar-refractivity contribution is 5.95. The molecule has 0 aliphatic heterocycles. The van der Waals surface area contributed by atoms with Gasteiger partial charge in [0.2, 0.25) is 5.91 Å². The molecule has 1 aromatic heterocycles. The van der Waals surface area contributed by atoms with Gasteiger partial charge in [-0.15, -0.1) is 0 Å². The molecule has 4 rings (SSSR count). The Kier molecular flexibility index (Phi) is 10.7. The maximum absolute atomic E-state index is 14.0. The zero-order valence-corrected chi connectivity index (χ0v) is 25.6. The van der Waals surface area contributed by atoms with Crippen molar-refractivity contribution in [1.29, 1.82) is 0 Å². The third-order valence-electron chi connectivity index (χ3n) is 8.75. The van der Waals surface area contributed by atoms with Gasteiger partial charge >= 0.3 is 0 Å². The Hall–Kier alpha value is -3.12. The maximum Gasteiger partial charge on any atom is 0.230 e. The lowest BCUT2D eigenvalue weighted by atomic mass is 9.78. The fourth-order valence-electron chi connectivity index (χ4n) is 6.12. The van der Waals surface area contributed by atoms with Crippen LogP contribution in [0.2, 0.25) is 0 Å². The van der Waals surface area contributed by atoms with E-state index < -0.39 is 0 Å². The SMILES string of the molecule is C=C(/C=C\C(OC)=C(C)C)[C@H]1CC[C@H](CN(c2cccc(-c3coc(C(C)C)n3)c2)C(=O)[C@H]2CC[C@H](O)CC2)CC1. The summed E-state index contributed by atoms with van der Waals surface area (Å²) in [6, 6.07) is 8.15. The van der Waals surface area contributed by atoms with E-state index >= 15 is 0 Å². The molecule has 2 fully saturated rings. The van der Waals surface area contributed by atoms with Crippen LogP contribution in [0.1, 0.15) is 90.9 Å². The van der Waals surface area contributed by atoms with Gasteiger partial charge in [-0.25, -0.2) is 4.98 Å². The van der Waals surface area contributed by atoms with Gasteiger partial charge in [0.15, 0.2) is 5.89 Å². The maximum atomic E-state index is 14.0. The minimum Gasteiger partial charge on any atom is -0.497 e. The molecule has 41 heavy (non-hydrogen) atoms. The molecule has 6 heteroatoms. The van der Waals surface area contributed by atoms with Gasteiger partial charge in [0.05, 0.1) is 13.2 Å². The lowest BCUT2D eigenvalue weighted by Gasteiger charge is -2.36. The van der Waals surface area contributed by atoms with Gasteiger partial charge in [-0.3, -0.25) is 4.79 Å². The van der Waals surface area contributed by atoms with Crippen LogP contribution >= 0.6 is 0 Å². The summed E-state index contributed by atoms with van der Waals surface area (Å²) in [4.78, 5) is 20.7. The van der Waals surface area contributed by atoms with Crippen LogP contribution in [0.25, 0.3) is 11.3 Å². The van der Waals surface area contributed by atoms with Gasteiger partial charge in [0.25, 0.3) is 0 Å². The lowest BCUT2D eigenvalue weighted by molar-refractivity contribution is -0.124. The summed E-state index contributed by atoms with van der Waals surface area (Å²) < 4.78 is 11.2. The molecule has 1 amide bonds. The zero-order chi connectivity index (χ0) is 29.5. The molecule has 6 nitrogen and oxygen atoms in total. The number of aliphatic hydroxyl groups is 1. The molecule has 0 saturated heterocycles. The Labute approximate surface area is 246 Å². The number of aliphatic hydroxyl groups excluding tert-OH is 1. The molecule has 2 aliphatic carbocycles. The largest absolute Gasteiger partial charge is 0.497 e. The van der Waals surface area contributed by atoms with Gasteiger partial charge in [-0.05, 0) is 101 Å². The Morgan fingerprint density at radius 2 is 1.78 bits per heavy atom. The average molecular weight is 561 g/mol. The highest BCUT2D eigenvalue weighted by Crippen LogP contribution is 2.36. The number of hydrogen-bond donors (Lipinski definition) is 1. The third kappa shape index (κ3) is 8.00. The number of carbonyl (C=O) groups excluding carboxylic acids is 1. The monoisotopic (exact) mass is 560 g/mol. The van der Waals surface area contributed by atoms with Crippen molar-refractivity contribution in [1.82, 2.24) is 4.98 Å². The summed E-state index contributed by atoms with van der Waals surface area (Å²) in [5, 5.41) is 10.0.